The summed E-state index contributed by atoms with van der Waals surface area (Å²) in [5, 5.41) is 20.7. The van der Waals surface area contributed by atoms with Crippen LogP contribution < -0.4 is 0 Å². The number of fused-ring (bicyclic) bond motifs is 3. The molecule has 0 saturated carbocycles. The Hall–Kier alpha value is -6.25. The highest BCUT2D eigenvalue weighted by atomic mass is 32.4. The van der Waals surface area contributed by atoms with E-state index < -0.39 is 0 Å². The van der Waals surface area contributed by atoms with Gasteiger partial charge in [-0.1, -0.05) is 202 Å². The summed E-state index contributed by atoms with van der Waals surface area (Å²) in [7, 11) is 6.06. The topological polar surface area (TPSA) is 0 Å². The van der Waals surface area contributed by atoms with Crippen molar-refractivity contribution in [3.8, 4) is 44.5 Å². The second kappa shape index (κ2) is 14.7. The van der Waals surface area contributed by atoms with Gasteiger partial charge in [-0.2, -0.15) is 0 Å². The van der Waals surface area contributed by atoms with Crippen LogP contribution >= 0.6 is 25.8 Å². The molecule has 286 valence electrons. The van der Waals surface area contributed by atoms with Crippen LogP contribution in [0.1, 0.15) is 0 Å². The van der Waals surface area contributed by atoms with Crippen molar-refractivity contribution in [2.45, 2.75) is 0 Å². The van der Waals surface area contributed by atoms with Crippen LogP contribution in [-0.4, -0.2) is 0 Å². The van der Waals surface area contributed by atoms with Gasteiger partial charge in [0, 0.05) is 0 Å². The average molecular weight is 829 g/mol. The standard InChI is InChI=1S/C58H34.H5P3/c1-3-9-35(10-4-1)57-49-31-25-43(45-27-21-41-19-17-37-13-7-15-39-23-29-47(45)55(41)53(37)39)33-51(49)52-34-44(26-32-50(52)58(57)36-11-5-2-6-12-36)46-28-22-42-20-18-38-14-8-16-40-24-30-48(46)56(42)54(38)40;1-3-2/h1-34H;3H,1-2H2. The molecular formula is C58H39P3. The highest BCUT2D eigenvalue weighted by Gasteiger charge is 2.21. The van der Waals surface area contributed by atoms with Crippen LogP contribution in [0.15, 0.2) is 206 Å². The van der Waals surface area contributed by atoms with Crippen molar-refractivity contribution in [1.29, 1.82) is 0 Å². The Morgan fingerprint density at radius 2 is 0.574 bits per heavy atom. The highest BCUT2D eigenvalue weighted by Crippen LogP contribution is 2.48. The molecule has 13 rings (SSSR count). The van der Waals surface area contributed by atoms with E-state index in [0.29, 0.717) is 0 Å². The maximum atomic E-state index is 2.57. The first kappa shape index (κ1) is 36.6. The van der Waals surface area contributed by atoms with Gasteiger partial charge >= 0.3 is 0 Å². The molecule has 0 aromatic heterocycles. The SMILES string of the molecule is PPP.c1ccc(-c2c(-c3ccccc3)c3ccc(-c4ccc5ccc6cccc7ccc4c5c67)cc3c3cc(-c4ccc5ccc6cccc7ccc4c5c67)ccc23)cc1. The van der Waals surface area contributed by atoms with Crippen molar-refractivity contribution in [2.24, 2.45) is 0 Å². The zero-order valence-electron chi connectivity index (χ0n) is 33.3. The molecule has 0 fully saturated rings. The molecule has 0 radical (unpaired) electrons. The quantitative estimate of drug-likeness (QED) is 0.122. The molecule has 0 aliphatic rings. The first-order valence-electron chi connectivity index (χ1n) is 20.8. The summed E-state index contributed by atoms with van der Waals surface area (Å²) in [6, 6.07) is 77.3. The Labute approximate surface area is 360 Å². The fourth-order valence-electron chi connectivity index (χ4n) is 10.4. The maximum absolute atomic E-state index is 2.57. The zero-order chi connectivity index (χ0) is 40.6. The Morgan fingerprint density at radius 1 is 0.246 bits per heavy atom. The lowest BCUT2D eigenvalue weighted by molar-refractivity contribution is 1.62. The third kappa shape index (κ3) is 5.78. The van der Waals surface area contributed by atoms with Crippen molar-refractivity contribution in [3.05, 3.63) is 206 Å². The van der Waals surface area contributed by atoms with Crippen LogP contribution in [0.2, 0.25) is 0 Å². The van der Waals surface area contributed by atoms with E-state index in [1.165, 1.54) is 131 Å². The number of hydrogen-bond acceptors (Lipinski definition) is 0. The predicted octanol–water partition coefficient (Wildman–Crippen LogP) is 17.7. The summed E-state index contributed by atoms with van der Waals surface area (Å²) < 4.78 is 0. The molecule has 0 saturated heterocycles. The first-order valence-corrected chi connectivity index (χ1v) is 25.4. The lowest BCUT2D eigenvalue weighted by Crippen LogP contribution is -1.94. The minimum Gasteiger partial charge on any atom is -0.110 e. The van der Waals surface area contributed by atoms with Crippen LogP contribution in [-0.2, 0) is 0 Å². The predicted molar refractivity (Wildman–Crippen MR) is 278 cm³/mol. The van der Waals surface area contributed by atoms with Gasteiger partial charge in [0.2, 0.25) is 0 Å². The molecule has 0 heterocycles. The Bertz CT molecular complexity index is 3520. The summed E-state index contributed by atoms with van der Waals surface area (Å²) >= 11 is 0. The maximum Gasteiger partial charge on any atom is -0.00203 e. The lowest BCUT2D eigenvalue weighted by atomic mass is 9.82. The largest absolute Gasteiger partial charge is 0.110 e. The van der Waals surface area contributed by atoms with E-state index in [2.05, 4.69) is 224 Å². The van der Waals surface area contributed by atoms with Gasteiger partial charge in [0.05, 0.1) is 0 Å². The van der Waals surface area contributed by atoms with E-state index in [4.69, 9.17) is 0 Å². The molecule has 0 amide bonds. The molecule has 13 aromatic carbocycles. The molecule has 0 aliphatic heterocycles. The van der Waals surface area contributed by atoms with Crippen LogP contribution in [0.5, 0.6) is 0 Å². The first-order chi connectivity index (χ1) is 30.2. The van der Waals surface area contributed by atoms with E-state index in [9.17, 15) is 0 Å². The van der Waals surface area contributed by atoms with Crippen molar-refractivity contribution in [1.82, 2.24) is 0 Å². The molecule has 0 aliphatic carbocycles. The van der Waals surface area contributed by atoms with E-state index in [-0.39, 0.29) is 0 Å². The van der Waals surface area contributed by atoms with Gasteiger partial charge in [0.1, 0.15) is 0 Å². The van der Waals surface area contributed by atoms with Gasteiger partial charge in [-0.05, 0) is 143 Å². The molecule has 0 spiro atoms. The van der Waals surface area contributed by atoms with Crippen LogP contribution in [0, 0.1) is 0 Å². The minimum absolute atomic E-state index is 0.917. The second-order valence-electron chi connectivity index (χ2n) is 16.1. The summed E-state index contributed by atoms with van der Waals surface area (Å²) in [6.07, 6.45) is 0. The summed E-state index contributed by atoms with van der Waals surface area (Å²) in [6.45, 7) is 0. The summed E-state index contributed by atoms with van der Waals surface area (Å²) in [5.74, 6) is 0. The number of hydrogen-bond donors (Lipinski definition) is 0. The molecule has 61 heavy (non-hydrogen) atoms. The molecule has 3 heteroatoms. The number of rotatable bonds is 4. The molecule has 13 aromatic rings. The van der Waals surface area contributed by atoms with Gasteiger partial charge in [-0.15, -0.1) is 17.9 Å². The van der Waals surface area contributed by atoms with Crippen LogP contribution in [0.3, 0.4) is 0 Å². The molecule has 0 nitrogen and oxygen atoms in total. The molecule has 2 atom stereocenters. The van der Waals surface area contributed by atoms with Gasteiger partial charge in [-0.3, -0.25) is 0 Å². The fraction of sp³-hybridized carbons (Fsp3) is 0. The van der Waals surface area contributed by atoms with Gasteiger partial charge < -0.3 is 0 Å². The van der Waals surface area contributed by atoms with Gasteiger partial charge in [0.25, 0.3) is 0 Å². The van der Waals surface area contributed by atoms with E-state index in [1.54, 1.807) is 0 Å². The monoisotopic (exact) mass is 828 g/mol. The Morgan fingerprint density at radius 3 is 0.967 bits per heavy atom. The van der Waals surface area contributed by atoms with Crippen molar-refractivity contribution >= 4 is 112 Å². The third-order valence-electron chi connectivity index (χ3n) is 12.9. The molecule has 2 unspecified atom stereocenters. The van der Waals surface area contributed by atoms with Crippen molar-refractivity contribution in [3.63, 3.8) is 0 Å². The van der Waals surface area contributed by atoms with Crippen LogP contribution in [0.4, 0.5) is 0 Å². The zero-order valence-corrected chi connectivity index (χ0v) is 36.6. The van der Waals surface area contributed by atoms with E-state index in [1.807, 2.05) is 0 Å². The smallest absolute Gasteiger partial charge is 0.00203 e. The summed E-state index contributed by atoms with van der Waals surface area (Å²) in [5.41, 5.74) is 9.96. The molecule has 0 bridgehead atoms. The minimum atomic E-state index is 0.917. The Kier molecular flexibility index (Phi) is 8.84. The van der Waals surface area contributed by atoms with Gasteiger partial charge in [-0.25, -0.2) is 0 Å². The second-order valence-corrected chi connectivity index (χ2v) is 20.4. The number of benzene rings is 13. The van der Waals surface area contributed by atoms with E-state index in [0.717, 1.165) is 7.96 Å². The van der Waals surface area contributed by atoms with E-state index >= 15 is 0 Å². The third-order valence-corrected chi connectivity index (χ3v) is 12.9. The van der Waals surface area contributed by atoms with Crippen LogP contribution in [0.25, 0.3) is 131 Å². The Balaban J connectivity index is 0.00000129. The summed E-state index contributed by atoms with van der Waals surface area (Å²) in [4.78, 5) is 0. The average Bonchev–Trinajstić information content (AvgIpc) is 3.32. The molecule has 0 N–H and O–H groups in total. The highest BCUT2D eigenvalue weighted by molar-refractivity contribution is 8.33. The van der Waals surface area contributed by atoms with Crippen molar-refractivity contribution in [2.75, 3.05) is 0 Å². The molecular weight excluding hydrogens is 790 g/mol. The van der Waals surface area contributed by atoms with Gasteiger partial charge in [0.15, 0.2) is 0 Å². The van der Waals surface area contributed by atoms with Crippen molar-refractivity contribution < 1.29 is 0 Å². The normalized spacial score (nSPS) is 11.8. The fourth-order valence-corrected chi connectivity index (χ4v) is 10.4. The lowest BCUT2D eigenvalue weighted by Gasteiger charge is -2.21.